The maximum Gasteiger partial charge on any atom is 0.269 e. The average molecular weight is 289 g/mol. The van der Waals surface area contributed by atoms with Gasteiger partial charge in [-0.1, -0.05) is 0 Å². The number of quaternary nitrogens is 1. The standard InChI is InChI=1S/C13H16N6O2/c20-19(21)12-6-4-11(5-7-12)18-13(14-15-16-18)10-17-8-2-1-3-9-17/h4-7H,1-3,8-10H2/p+1. The first-order valence-electron chi connectivity index (χ1n) is 7.10. The maximum absolute atomic E-state index is 10.7. The molecule has 0 atom stereocenters. The zero-order valence-corrected chi connectivity index (χ0v) is 11.6. The molecule has 1 aromatic carbocycles. The number of non-ortho nitro benzene ring substituents is 1. The maximum atomic E-state index is 10.7. The molecule has 1 fully saturated rings. The van der Waals surface area contributed by atoms with Crippen LogP contribution in [-0.4, -0.2) is 38.2 Å². The van der Waals surface area contributed by atoms with E-state index < -0.39 is 4.92 Å². The lowest BCUT2D eigenvalue weighted by atomic mass is 10.1. The molecule has 0 aliphatic carbocycles. The van der Waals surface area contributed by atoms with Crippen molar-refractivity contribution in [3.63, 3.8) is 0 Å². The highest BCUT2D eigenvalue weighted by Gasteiger charge is 2.19. The van der Waals surface area contributed by atoms with Gasteiger partial charge in [-0.2, -0.15) is 4.68 Å². The first-order chi connectivity index (χ1) is 10.2. The molecule has 0 radical (unpaired) electrons. The largest absolute Gasteiger partial charge is 0.329 e. The van der Waals surface area contributed by atoms with Gasteiger partial charge in [0.05, 0.1) is 23.7 Å². The van der Waals surface area contributed by atoms with Gasteiger partial charge in [-0.05, 0) is 41.8 Å². The SMILES string of the molecule is O=[N+]([O-])c1ccc(-n2nnnc2C[NH+]2CCCCC2)cc1. The first-order valence-corrected chi connectivity index (χ1v) is 7.10. The number of nitrogens with one attached hydrogen (secondary N) is 1. The molecule has 0 unspecified atom stereocenters. The van der Waals surface area contributed by atoms with Gasteiger partial charge >= 0.3 is 0 Å². The Hall–Kier alpha value is -2.35. The lowest BCUT2D eigenvalue weighted by Gasteiger charge is -2.22. The molecule has 0 saturated carbocycles. The highest BCUT2D eigenvalue weighted by molar-refractivity contribution is 5.40. The van der Waals surface area contributed by atoms with E-state index in [9.17, 15) is 10.1 Å². The number of nitro benzene ring substituents is 1. The van der Waals surface area contributed by atoms with Crippen LogP contribution in [-0.2, 0) is 6.54 Å². The molecule has 1 aliphatic rings. The summed E-state index contributed by atoms with van der Waals surface area (Å²) in [7, 11) is 0. The number of rotatable bonds is 4. The second-order valence-electron chi connectivity index (χ2n) is 5.27. The molecule has 2 aromatic rings. The minimum Gasteiger partial charge on any atom is -0.329 e. The van der Waals surface area contributed by atoms with Crippen molar-refractivity contribution in [3.05, 3.63) is 40.2 Å². The summed E-state index contributed by atoms with van der Waals surface area (Å²) in [5, 5.41) is 22.5. The molecular formula is C13H17N6O2+. The molecule has 1 aromatic heterocycles. The fourth-order valence-corrected chi connectivity index (χ4v) is 2.68. The zero-order chi connectivity index (χ0) is 14.7. The van der Waals surface area contributed by atoms with Crippen LogP contribution in [0.1, 0.15) is 25.1 Å². The molecule has 0 bridgehead atoms. The molecule has 1 N–H and O–H groups in total. The molecule has 1 aliphatic heterocycles. The first kappa shape index (κ1) is 13.6. The molecule has 0 spiro atoms. The lowest BCUT2D eigenvalue weighted by molar-refractivity contribution is -0.919. The Balaban J connectivity index is 1.79. The molecule has 110 valence electrons. The van der Waals surface area contributed by atoms with Gasteiger partial charge in [0.25, 0.3) is 5.69 Å². The van der Waals surface area contributed by atoms with Gasteiger partial charge in [-0.15, -0.1) is 5.10 Å². The van der Waals surface area contributed by atoms with E-state index in [1.165, 1.54) is 36.3 Å². The normalized spacial score (nSPS) is 16.0. The van der Waals surface area contributed by atoms with Gasteiger partial charge < -0.3 is 4.90 Å². The van der Waals surface area contributed by atoms with Crippen molar-refractivity contribution in [1.29, 1.82) is 0 Å². The third-order valence-electron chi connectivity index (χ3n) is 3.81. The molecule has 3 rings (SSSR count). The number of likely N-dealkylation sites (tertiary alicyclic amines) is 1. The van der Waals surface area contributed by atoms with Crippen molar-refractivity contribution in [2.75, 3.05) is 13.1 Å². The molecular weight excluding hydrogens is 272 g/mol. The lowest BCUT2D eigenvalue weighted by Crippen LogP contribution is -3.11. The summed E-state index contributed by atoms with van der Waals surface area (Å²) >= 11 is 0. The van der Waals surface area contributed by atoms with Crippen LogP contribution in [0.25, 0.3) is 5.69 Å². The zero-order valence-electron chi connectivity index (χ0n) is 11.6. The summed E-state index contributed by atoms with van der Waals surface area (Å²) in [5.41, 5.74) is 0.812. The second-order valence-corrected chi connectivity index (χ2v) is 5.27. The number of tetrazole rings is 1. The van der Waals surface area contributed by atoms with Crippen molar-refractivity contribution in [1.82, 2.24) is 20.2 Å². The van der Waals surface area contributed by atoms with Crippen LogP contribution in [0.15, 0.2) is 24.3 Å². The van der Waals surface area contributed by atoms with Gasteiger partial charge in [0.1, 0.15) is 6.54 Å². The van der Waals surface area contributed by atoms with E-state index in [0.29, 0.717) is 0 Å². The van der Waals surface area contributed by atoms with E-state index in [2.05, 4.69) is 15.5 Å². The van der Waals surface area contributed by atoms with Crippen molar-refractivity contribution in [3.8, 4) is 5.69 Å². The van der Waals surface area contributed by atoms with Gasteiger partial charge in [0.15, 0.2) is 0 Å². The van der Waals surface area contributed by atoms with Crippen LogP contribution >= 0.6 is 0 Å². The van der Waals surface area contributed by atoms with Crippen LogP contribution in [0, 0.1) is 10.1 Å². The van der Waals surface area contributed by atoms with Crippen molar-refractivity contribution < 1.29 is 9.82 Å². The Labute approximate surface area is 121 Å². The molecule has 0 amide bonds. The highest BCUT2D eigenvalue weighted by atomic mass is 16.6. The van der Waals surface area contributed by atoms with Crippen LogP contribution in [0.5, 0.6) is 0 Å². The molecule has 2 heterocycles. The van der Waals surface area contributed by atoms with Crippen LogP contribution in [0.2, 0.25) is 0 Å². The van der Waals surface area contributed by atoms with Gasteiger partial charge in [0, 0.05) is 12.1 Å². The van der Waals surface area contributed by atoms with Gasteiger partial charge in [-0.3, -0.25) is 10.1 Å². The summed E-state index contributed by atoms with van der Waals surface area (Å²) < 4.78 is 1.66. The van der Waals surface area contributed by atoms with Crippen molar-refractivity contribution in [2.24, 2.45) is 0 Å². The minimum atomic E-state index is -0.415. The molecule has 8 heteroatoms. The van der Waals surface area contributed by atoms with E-state index in [1.807, 2.05) is 0 Å². The Kier molecular flexibility index (Phi) is 3.87. The summed E-state index contributed by atoms with van der Waals surface area (Å²) in [6.07, 6.45) is 3.79. The highest BCUT2D eigenvalue weighted by Crippen LogP contribution is 2.15. The van der Waals surface area contributed by atoms with Crippen molar-refractivity contribution in [2.45, 2.75) is 25.8 Å². The molecule has 8 nitrogen and oxygen atoms in total. The summed E-state index contributed by atoms with van der Waals surface area (Å²) in [4.78, 5) is 11.8. The fraction of sp³-hybridized carbons (Fsp3) is 0.462. The number of hydrogen-bond donors (Lipinski definition) is 1. The van der Waals surface area contributed by atoms with Crippen LogP contribution in [0.4, 0.5) is 5.69 Å². The third-order valence-corrected chi connectivity index (χ3v) is 3.81. The molecule has 21 heavy (non-hydrogen) atoms. The topological polar surface area (TPSA) is 91.2 Å². The fourth-order valence-electron chi connectivity index (χ4n) is 2.68. The number of hydrogen-bond acceptors (Lipinski definition) is 5. The number of aromatic nitrogens is 4. The summed E-state index contributed by atoms with van der Waals surface area (Å²) in [5.74, 6) is 0.792. The number of piperidine rings is 1. The predicted octanol–water partition coefficient (Wildman–Crippen LogP) is 0.139. The number of nitro groups is 1. The third kappa shape index (κ3) is 3.05. The summed E-state index contributed by atoms with van der Waals surface area (Å²) in [6.45, 7) is 3.07. The van der Waals surface area contributed by atoms with Gasteiger partial charge in [-0.25, -0.2) is 0 Å². The van der Waals surface area contributed by atoms with E-state index in [4.69, 9.17) is 0 Å². The minimum absolute atomic E-state index is 0.0648. The molecule has 1 saturated heterocycles. The number of benzene rings is 1. The van der Waals surface area contributed by atoms with E-state index in [-0.39, 0.29) is 5.69 Å². The Bertz CT molecular complexity index is 618. The van der Waals surface area contributed by atoms with E-state index in [1.54, 1.807) is 16.8 Å². The predicted molar refractivity (Wildman–Crippen MR) is 74.1 cm³/mol. The van der Waals surface area contributed by atoms with Crippen molar-refractivity contribution >= 4 is 5.69 Å². The Morgan fingerprint density at radius 2 is 1.90 bits per heavy atom. The second kappa shape index (κ2) is 5.96. The number of nitrogens with zero attached hydrogens (tertiary/aromatic N) is 5. The smallest absolute Gasteiger partial charge is 0.269 e. The monoisotopic (exact) mass is 289 g/mol. The average Bonchev–Trinajstić information content (AvgIpc) is 2.96. The summed E-state index contributed by atoms with van der Waals surface area (Å²) in [6, 6.07) is 6.27. The van der Waals surface area contributed by atoms with Gasteiger partial charge in [0.2, 0.25) is 5.82 Å². The quantitative estimate of drug-likeness (QED) is 0.638. The van der Waals surface area contributed by atoms with Crippen LogP contribution < -0.4 is 4.90 Å². The Morgan fingerprint density at radius 3 is 2.57 bits per heavy atom. The van der Waals surface area contributed by atoms with Crippen LogP contribution in [0.3, 0.4) is 0 Å². The van der Waals surface area contributed by atoms with E-state index in [0.717, 1.165) is 31.1 Å². The Morgan fingerprint density at radius 1 is 1.19 bits per heavy atom. The van der Waals surface area contributed by atoms with E-state index >= 15 is 0 Å².